The molecule has 19 nitrogen and oxygen atoms in total. The lowest BCUT2D eigenvalue weighted by Gasteiger charge is -2.48. The number of allylic oxidation sites excluding steroid dienone is 8. The second-order valence-corrected chi connectivity index (χ2v) is 22.1. The van der Waals surface area contributed by atoms with E-state index in [0.717, 1.165) is 77.0 Å². The molecule has 0 aliphatic carbocycles. The highest BCUT2D eigenvalue weighted by molar-refractivity contribution is 5.76. The standard InChI is InChI=1S/C61H109NO18/c1-3-5-7-9-11-13-15-17-19-21-23-24-26-28-30-32-34-36-38-45(66)44(62-49(67)39-37-35-33-31-29-27-25-22-20-18-16-14-12-10-8-6-4-2)43-75-59-55(73)52(70)57(47(41-64)77-59)80-61-56(74)53(71)58(48(42-65)78-61)79-60-54(72)51(69)50(68)46(40-63)76-60/h6,8,12,14,18,20,25,27,44-48,50-61,63-66,68-74H,3-5,7,9-11,13,15-17,19,21-24,26,28-43H2,1-2H3,(H,62,67)/b8-6-,14-12-,20-18-,27-25-. The summed E-state index contributed by atoms with van der Waals surface area (Å²) >= 11 is 0. The molecule has 0 aromatic carbocycles. The number of nitrogens with one attached hydrogen (secondary N) is 1. The van der Waals surface area contributed by atoms with Crippen molar-refractivity contribution in [2.75, 3.05) is 26.4 Å². The molecule has 17 unspecified atom stereocenters. The Morgan fingerprint density at radius 3 is 1.35 bits per heavy atom. The van der Waals surface area contributed by atoms with Crippen LogP contribution in [-0.2, 0) is 33.2 Å². The Bertz CT molecular complexity index is 1650. The summed E-state index contributed by atoms with van der Waals surface area (Å²) in [5.74, 6) is -0.267. The summed E-state index contributed by atoms with van der Waals surface area (Å²) in [6.07, 6.45) is 21.9. The monoisotopic (exact) mass is 1140 g/mol. The molecular formula is C61H109NO18. The van der Waals surface area contributed by atoms with E-state index in [9.17, 15) is 61.0 Å². The molecule has 19 heteroatoms. The van der Waals surface area contributed by atoms with Crippen LogP contribution in [0.25, 0.3) is 0 Å². The molecule has 0 aromatic rings. The fourth-order valence-corrected chi connectivity index (χ4v) is 10.4. The summed E-state index contributed by atoms with van der Waals surface area (Å²) in [7, 11) is 0. The van der Waals surface area contributed by atoms with Crippen LogP contribution in [0.1, 0.15) is 200 Å². The van der Waals surface area contributed by atoms with Crippen LogP contribution in [0.5, 0.6) is 0 Å². The molecule has 1 amide bonds. The van der Waals surface area contributed by atoms with Gasteiger partial charge in [0, 0.05) is 6.42 Å². The average Bonchev–Trinajstić information content (AvgIpc) is 3.50. The molecule has 3 aliphatic rings. The van der Waals surface area contributed by atoms with E-state index in [2.05, 4.69) is 67.8 Å². The third-order valence-electron chi connectivity index (χ3n) is 15.4. The number of aliphatic hydroxyl groups excluding tert-OH is 11. The largest absolute Gasteiger partial charge is 0.394 e. The summed E-state index contributed by atoms with van der Waals surface area (Å²) in [4.78, 5) is 13.3. The Balaban J connectivity index is 1.50. The van der Waals surface area contributed by atoms with Crippen molar-refractivity contribution in [2.45, 2.75) is 304 Å². The van der Waals surface area contributed by atoms with Gasteiger partial charge in [0.05, 0.1) is 38.6 Å². The van der Waals surface area contributed by atoms with Crippen LogP contribution >= 0.6 is 0 Å². The van der Waals surface area contributed by atoms with E-state index in [4.69, 9.17) is 28.4 Å². The Morgan fingerprint density at radius 1 is 0.463 bits per heavy atom. The highest BCUT2D eigenvalue weighted by Gasteiger charge is 2.53. The van der Waals surface area contributed by atoms with Gasteiger partial charge in [0.15, 0.2) is 18.9 Å². The first kappa shape index (κ1) is 72.0. The molecule has 12 N–H and O–H groups in total. The normalized spacial score (nSPS) is 30.3. The number of unbranched alkanes of at least 4 members (excludes halogenated alkanes) is 21. The fraction of sp³-hybridized carbons (Fsp3) is 0.852. The SMILES string of the molecule is CC/C=C\C/C=C\C/C=C\C/C=C\CCCCCCC(=O)NC(COC1OC(CO)C(OC2OC(CO)C(OC3OC(CO)C(O)C(O)C3O)C(O)C2O)C(O)C1O)C(O)CCCCCCCCCCCCCCCCCCCC. The smallest absolute Gasteiger partial charge is 0.220 e. The lowest BCUT2D eigenvalue weighted by Crippen LogP contribution is -2.66. The lowest BCUT2D eigenvalue weighted by atomic mass is 9.96. The van der Waals surface area contributed by atoms with E-state index in [-0.39, 0.29) is 18.9 Å². The molecule has 0 spiro atoms. The Hall–Kier alpha value is -2.25. The highest BCUT2D eigenvalue weighted by Crippen LogP contribution is 2.33. The van der Waals surface area contributed by atoms with Crippen LogP contribution in [0, 0.1) is 0 Å². The van der Waals surface area contributed by atoms with E-state index in [1.807, 2.05) is 0 Å². The number of ether oxygens (including phenoxy) is 6. The molecule has 3 fully saturated rings. The molecule has 3 aliphatic heterocycles. The molecule has 17 atom stereocenters. The number of rotatable bonds is 45. The number of aliphatic hydroxyl groups is 11. The highest BCUT2D eigenvalue weighted by atomic mass is 16.8. The zero-order valence-corrected chi connectivity index (χ0v) is 48.5. The first-order valence-electron chi connectivity index (χ1n) is 30.9. The van der Waals surface area contributed by atoms with Crippen LogP contribution < -0.4 is 5.32 Å². The summed E-state index contributed by atoms with van der Waals surface area (Å²) < 4.78 is 34.3. The molecule has 466 valence electrons. The van der Waals surface area contributed by atoms with Crippen LogP contribution in [0.4, 0.5) is 0 Å². The van der Waals surface area contributed by atoms with Crippen molar-refractivity contribution in [1.82, 2.24) is 5.32 Å². The Kier molecular flexibility index (Phi) is 39.8. The number of amides is 1. The minimum atomic E-state index is -1.98. The third-order valence-corrected chi connectivity index (χ3v) is 15.4. The molecule has 0 saturated carbocycles. The number of carbonyl (C=O) groups excluding carboxylic acids is 1. The van der Waals surface area contributed by atoms with Gasteiger partial charge in [-0.05, 0) is 51.4 Å². The van der Waals surface area contributed by atoms with Gasteiger partial charge in [0.1, 0.15) is 73.2 Å². The zero-order chi connectivity index (χ0) is 58.3. The van der Waals surface area contributed by atoms with E-state index >= 15 is 0 Å². The third kappa shape index (κ3) is 27.6. The first-order valence-corrected chi connectivity index (χ1v) is 30.9. The molecule has 3 saturated heterocycles. The minimum absolute atomic E-state index is 0.237. The van der Waals surface area contributed by atoms with Crippen LogP contribution in [0.3, 0.4) is 0 Å². The first-order chi connectivity index (χ1) is 38.8. The maximum absolute atomic E-state index is 13.3. The maximum atomic E-state index is 13.3. The van der Waals surface area contributed by atoms with Gasteiger partial charge >= 0.3 is 0 Å². The van der Waals surface area contributed by atoms with Crippen molar-refractivity contribution >= 4 is 5.91 Å². The molecule has 0 bridgehead atoms. The summed E-state index contributed by atoms with van der Waals surface area (Å²) in [5, 5.41) is 120. The zero-order valence-electron chi connectivity index (χ0n) is 48.5. The molecule has 3 heterocycles. The van der Waals surface area contributed by atoms with Crippen molar-refractivity contribution in [3.63, 3.8) is 0 Å². The van der Waals surface area contributed by atoms with Crippen molar-refractivity contribution in [3.05, 3.63) is 48.6 Å². The van der Waals surface area contributed by atoms with E-state index < -0.39 is 124 Å². The molecule has 80 heavy (non-hydrogen) atoms. The van der Waals surface area contributed by atoms with Crippen LogP contribution in [0.2, 0.25) is 0 Å². The van der Waals surface area contributed by atoms with Crippen molar-refractivity contribution < 1.29 is 89.4 Å². The van der Waals surface area contributed by atoms with Gasteiger partial charge in [-0.3, -0.25) is 4.79 Å². The van der Waals surface area contributed by atoms with Gasteiger partial charge in [-0.2, -0.15) is 0 Å². The minimum Gasteiger partial charge on any atom is -0.394 e. The van der Waals surface area contributed by atoms with Gasteiger partial charge < -0.3 is 89.9 Å². The van der Waals surface area contributed by atoms with E-state index in [1.54, 1.807) is 0 Å². The topological polar surface area (TPSA) is 307 Å². The van der Waals surface area contributed by atoms with Gasteiger partial charge in [-0.1, -0.05) is 191 Å². The van der Waals surface area contributed by atoms with Gasteiger partial charge in [-0.15, -0.1) is 0 Å². The number of hydrogen-bond donors (Lipinski definition) is 12. The summed E-state index contributed by atoms with van der Waals surface area (Å²) in [6.45, 7) is 1.65. The van der Waals surface area contributed by atoms with Gasteiger partial charge in [-0.25, -0.2) is 0 Å². The van der Waals surface area contributed by atoms with Crippen molar-refractivity contribution in [2.24, 2.45) is 0 Å². The van der Waals surface area contributed by atoms with Crippen LogP contribution in [-0.4, -0.2) is 193 Å². The molecule has 0 radical (unpaired) electrons. The second-order valence-electron chi connectivity index (χ2n) is 22.1. The Labute approximate surface area is 478 Å². The number of hydrogen-bond acceptors (Lipinski definition) is 18. The molecular weight excluding hydrogens is 1030 g/mol. The van der Waals surface area contributed by atoms with Crippen molar-refractivity contribution in [3.8, 4) is 0 Å². The van der Waals surface area contributed by atoms with Crippen molar-refractivity contribution in [1.29, 1.82) is 0 Å². The Morgan fingerprint density at radius 2 is 0.863 bits per heavy atom. The quantitative estimate of drug-likeness (QED) is 0.0250. The lowest BCUT2D eigenvalue weighted by molar-refractivity contribution is -0.379. The van der Waals surface area contributed by atoms with E-state index in [0.29, 0.717) is 12.8 Å². The average molecular weight is 1140 g/mol. The molecule has 0 aromatic heterocycles. The maximum Gasteiger partial charge on any atom is 0.220 e. The molecule has 3 rings (SSSR count). The second kappa shape index (κ2) is 44.3. The summed E-state index contributed by atoms with van der Waals surface area (Å²) in [6, 6.07) is -0.901. The van der Waals surface area contributed by atoms with Crippen LogP contribution in [0.15, 0.2) is 48.6 Å². The summed E-state index contributed by atoms with van der Waals surface area (Å²) in [5.41, 5.74) is 0. The predicted octanol–water partition coefficient (Wildman–Crippen LogP) is 5.87. The fourth-order valence-electron chi connectivity index (χ4n) is 10.4. The predicted molar refractivity (Wildman–Crippen MR) is 305 cm³/mol. The van der Waals surface area contributed by atoms with Gasteiger partial charge in [0.2, 0.25) is 5.91 Å². The number of carbonyl (C=O) groups is 1. The van der Waals surface area contributed by atoms with E-state index in [1.165, 1.54) is 89.9 Å². The van der Waals surface area contributed by atoms with Gasteiger partial charge in [0.25, 0.3) is 0 Å².